The molecule has 1 aliphatic heterocycles. The highest BCUT2D eigenvalue weighted by Gasteiger charge is 2.66. The van der Waals surface area contributed by atoms with Gasteiger partial charge in [0.15, 0.2) is 5.60 Å². The van der Waals surface area contributed by atoms with Gasteiger partial charge < -0.3 is 9.47 Å². The second-order valence-corrected chi connectivity index (χ2v) is 5.25. The van der Waals surface area contributed by atoms with Crippen LogP contribution in [0.25, 0.3) is 0 Å². The molecule has 4 atom stereocenters. The van der Waals surface area contributed by atoms with Gasteiger partial charge in [0, 0.05) is 23.0 Å². The van der Waals surface area contributed by atoms with Crippen molar-refractivity contribution in [2.45, 2.75) is 32.0 Å². The second kappa shape index (κ2) is 3.00. The molecule has 0 spiro atoms. The Hall–Kier alpha value is -1.58. The van der Waals surface area contributed by atoms with E-state index in [-0.39, 0.29) is 23.9 Å². The van der Waals surface area contributed by atoms with Gasteiger partial charge >= 0.3 is 11.9 Å². The Balaban J connectivity index is 1.90. The van der Waals surface area contributed by atoms with Gasteiger partial charge in [-0.2, -0.15) is 0 Å². The van der Waals surface area contributed by atoms with Gasteiger partial charge in [0.25, 0.3) is 0 Å². The number of carbonyl (C=O) groups is 2. The third-order valence-corrected chi connectivity index (χ3v) is 4.05. The lowest BCUT2D eigenvalue weighted by Gasteiger charge is -2.32. The minimum Gasteiger partial charge on any atom is -0.454 e. The predicted octanol–water partition coefficient (Wildman–Crippen LogP) is 1.37. The first-order chi connectivity index (χ1) is 7.93. The van der Waals surface area contributed by atoms with Crippen LogP contribution in [0.5, 0.6) is 0 Å². The summed E-state index contributed by atoms with van der Waals surface area (Å²) < 4.78 is 10.8. The van der Waals surface area contributed by atoms with E-state index in [4.69, 9.17) is 9.47 Å². The molecule has 4 unspecified atom stereocenters. The SMILES string of the molecule is C=C(C)C(=O)OC1C2C=C3C(=O)OC1(C)C3C2. The van der Waals surface area contributed by atoms with Crippen LogP contribution < -0.4 is 0 Å². The Kier molecular flexibility index (Phi) is 1.86. The summed E-state index contributed by atoms with van der Waals surface area (Å²) in [4.78, 5) is 23.2. The van der Waals surface area contributed by atoms with Crippen LogP contribution in [-0.4, -0.2) is 23.6 Å². The monoisotopic (exact) mass is 234 g/mol. The second-order valence-electron chi connectivity index (χ2n) is 5.25. The summed E-state index contributed by atoms with van der Waals surface area (Å²) in [6, 6.07) is 0. The highest BCUT2D eigenvalue weighted by atomic mass is 16.6. The van der Waals surface area contributed by atoms with Crippen molar-refractivity contribution < 1.29 is 19.1 Å². The third kappa shape index (κ3) is 1.18. The highest BCUT2D eigenvalue weighted by Crippen LogP contribution is 2.57. The van der Waals surface area contributed by atoms with Crippen molar-refractivity contribution in [3.8, 4) is 0 Å². The Bertz CT molecular complexity index is 476. The van der Waals surface area contributed by atoms with Gasteiger partial charge in [-0.1, -0.05) is 12.7 Å². The molecule has 0 amide bonds. The lowest BCUT2D eigenvalue weighted by Crippen LogP contribution is -2.44. The summed E-state index contributed by atoms with van der Waals surface area (Å²) in [5, 5.41) is 0. The molecule has 3 rings (SSSR count). The van der Waals surface area contributed by atoms with Gasteiger partial charge in [-0.15, -0.1) is 0 Å². The zero-order valence-corrected chi connectivity index (χ0v) is 9.86. The summed E-state index contributed by atoms with van der Waals surface area (Å²) in [7, 11) is 0. The molecule has 17 heavy (non-hydrogen) atoms. The molecule has 2 bridgehead atoms. The maximum Gasteiger partial charge on any atom is 0.334 e. The number of hydrogen-bond donors (Lipinski definition) is 0. The zero-order chi connectivity index (χ0) is 12.4. The van der Waals surface area contributed by atoms with Gasteiger partial charge in [-0.25, -0.2) is 9.59 Å². The quantitative estimate of drug-likeness (QED) is 0.535. The van der Waals surface area contributed by atoms with E-state index in [1.54, 1.807) is 6.92 Å². The van der Waals surface area contributed by atoms with E-state index in [0.29, 0.717) is 5.57 Å². The zero-order valence-electron chi connectivity index (χ0n) is 9.86. The Morgan fingerprint density at radius 3 is 3.00 bits per heavy atom. The molecule has 4 nitrogen and oxygen atoms in total. The smallest absolute Gasteiger partial charge is 0.334 e. The molecular weight excluding hydrogens is 220 g/mol. The van der Waals surface area contributed by atoms with Crippen molar-refractivity contribution in [1.29, 1.82) is 0 Å². The molecule has 0 N–H and O–H groups in total. The van der Waals surface area contributed by atoms with Crippen LogP contribution in [0.1, 0.15) is 20.3 Å². The summed E-state index contributed by atoms with van der Waals surface area (Å²) in [5.74, 6) is -0.479. The van der Waals surface area contributed by atoms with Crippen LogP contribution >= 0.6 is 0 Å². The standard InChI is InChI=1S/C13H14O4/c1-6(2)11(14)16-10-7-4-8-9(5-7)13(10,3)17-12(8)15/h4,7,9-10H,1,5H2,2-3H3. The predicted molar refractivity (Wildman–Crippen MR) is 58.9 cm³/mol. The van der Waals surface area contributed by atoms with Gasteiger partial charge in [0.05, 0.1) is 0 Å². The van der Waals surface area contributed by atoms with Gasteiger partial charge in [-0.3, -0.25) is 0 Å². The number of fused-ring (bicyclic) bond motifs is 1. The topological polar surface area (TPSA) is 52.6 Å². The van der Waals surface area contributed by atoms with Crippen LogP contribution in [0, 0.1) is 11.8 Å². The molecule has 0 radical (unpaired) electrons. The summed E-state index contributed by atoms with van der Waals surface area (Å²) in [5.41, 5.74) is 0.460. The molecule has 4 heteroatoms. The van der Waals surface area contributed by atoms with E-state index in [1.165, 1.54) is 0 Å². The Labute approximate surface area is 99.3 Å². The number of esters is 2. The van der Waals surface area contributed by atoms with E-state index in [2.05, 4.69) is 6.58 Å². The molecule has 1 saturated heterocycles. The summed E-state index contributed by atoms with van der Waals surface area (Å²) in [6.07, 6.45) is 2.37. The Morgan fingerprint density at radius 2 is 2.35 bits per heavy atom. The van der Waals surface area contributed by atoms with Gasteiger partial charge in [-0.05, 0) is 20.3 Å². The fourth-order valence-corrected chi connectivity index (χ4v) is 3.21. The maximum absolute atomic E-state index is 11.6. The molecule has 0 aromatic rings. The largest absolute Gasteiger partial charge is 0.454 e. The number of ether oxygens (including phenoxy) is 2. The third-order valence-electron chi connectivity index (χ3n) is 4.05. The molecule has 2 aliphatic carbocycles. The maximum atomic E-state index is 11.6. The van der Waals surface area contributed by atoms with Crippen molar-refractivity contribution in [3.63, 3.8) is 0 Å². The van der Waals surface area contributed by atoms with E-state index >= 15 is 0 Å². The lowest BCUT2D eigenvalue weighted by molar-refractivity contribution is -0.170. The van der Waals surface area contributed by atoms with Crippen molar-refractivity contribution >= 4 is 11.9 Å². The fraction of sp³-hybridized carbons (Fsp3) is 0.538. The Morgan fingerprint density at radius 1 is 1.65 bits per heavy atom. The first-order valence-corrected chi connectivity index (χ1v) is 5.75. The average Bonchev–Trinajstić information content (AvgIpc) is 2.81. The van der Waals surface area contributed by atoms with Crippen LogP contribution in [0.15, 0.2) is 23.8 Å². The average molecular weight is 234 g/mol. The van der Waals surface area contributed by atoms with E-state index in [1.807, 2.05) is 13.0 Å². The van der Waals surface area contributed by atoms with Crippen molar-refractivity contribution in [2.24, 2.45) is 11.8 Å². The molecule has 90 valence electrons. The first kappa shape index (κ1) is 10.6. The number of carbonyl (C=O) groups excluding carboxylic acids is 2. The van der Waals surface area contributed by atoms with Gasteiger partial charge in [0.1, 0.15) is 6.10 Å². The van der Waals surface area contributed by atoms with Crippen LogP contribution in [0.3, 0.4) is 0 Å². The summed E-state index contributed by atoms with van der Waals surface area (Å²) in [6.45, 7) is 7.02. The molecule has 1 saturated carbocycles. The van der Waals surface area contributed by atoms with Gasteiger partial charge in [0.2, 0.25) is 0 Å². The first-order valence-electron chi connectivity index (χ1n) is 5.75. The molecule has 3 aliphatic rings. The van der Waals surface area contributed by atoms with E-state index in [9.17, 15) is 9.59 Å². The molecule has 0 aromatic heterocycles. The number of rotatable bonds is 2. The van der Waals surface area contributed by atoms with E-state index < -0.39 is 11.6 Å². The summed E-state index contributed by atoms with van der Waals surface area (Å²) >= 11 is 0. The molecule has 2 fully saturated rings. The minimum absolute atomic E-state index is 0.0860. The minimum atomic E-state index is -0.670. The van der Waals surface area contributed by atoms with Crippen molar-refractivity contribution in [3.05, 3.63) is 23.8 Å². The van der Waals surface area contributed by atoms with E-state index in [0.717, 1.165) is 12.0 Å². The van der Waals surface area contributed by atoms with Crippen molar-refractivity contribution in [1.82, 2.24) is 0 Å². The van der Waals surface area contributed by atoms with Crippen LogP contribution in [0.4, 0.5) is 0 Å². The molecule has 1 heterocycles. The molecule has 0 aromatic carbocycles. The normalized spacial score (nSPS) is 41.2. The van der Waals surface area contributed by atoms with Crippen molar-refractivity contribution in [2.75, 3.05) is 0 Å². The van der Waals surface area contributed by atoms with Crippen LogP contribution in [0.2, 0.25) is 0 Å². The van der Waals surface area contributed by atoms with Crippen LogP contribution in [-0.2, 0) is 19.1 Å². The number of hydrogen-bond acceptors (Lipinski definition) is 4. The highest BCUT2D eigenvalue weighted by molar-refractivity contribution is 5.94. The lowest BCUT2D eigenvalue weighted by atomic mass is 9.85. The fourth-order valence-electron chi connectivity index (χ4n) is 3.21. The molecular formula is C13H14O4.